The Morgan fingerprint density at radius 3 is 1.96 bits per heavy atom. The first-order valence-corrected chi connectivity index (χ1v) is 15.3. The van der Waals surface area contributed by atoms with Crippen LogP contribution in [-0.4, -0.2) is 69.6 Å². The molecule has 0 aliphatic heterocycles. The summed E-state index contributed by atoms with van der Waals surface area (Å²) in [7, 11) is 6.78. The summed E-state index contributed by atoms with van der Waals surface area (Å²) in [5.74, 6) is 0.413. The number of aromatic amines is 1. The SMILES string of the molecule is Cc1ccc(Nc2cc(C(=O)N(C)C)cc(C(=O)N(C)C)c2)cc1Nc1c(C)cc(C)c(-c2nnc3cc(C(C)(C)C)[nH]n23)c1C. The van der Waals surface area contributed by atoms with Crippen LogP contribution >= 0.6 is 0 Å². The number of hydrogen-bond acceptors (Lipinski definition) is 6. The van der Waals surface area contributed by atoms with Gasteiger partial charge in [0.25, 0.3) is 11.8 Å². The van der Waals surface area contributed by atoms with Crippen LogP contribution in [0.2, 0.25) is 0 Å². The minimum absolute atomic E-state index is 0.0503. The number of aryl methyl sites for hydroxylation is 3. The summed E-state index contributed by atoms with van der Waals surface area (Å²) < 4.78 is 1.97. The standard InChI is InChI=1S/C36H44N8O2/c1-20-12-13-26(37-27-16-24(34(45)42(8)9)15-25(17-27)35(46)43(10)11)18-28(20)38-32-22(3)14-21(2)31(23(32)4)33-40-39-30-19-29(36(5,6)7)41-44(30)33/h12-19,37-38,41H,1-11H3. The van der Waals surface area contributed by atoms with Crippen molar-refractivity contribution >= 4 is 40.2 Å². The van der Waals surface area contributed by atoms with Gasteiger partial charge in [0.05, 0.1) is 0 Å². The molecule has 10 heteroatoms. The number of H-pyrrole nitrogens is 1. The Morgan fingerprint density at radius 1 is 0.739 bits per heavy atom. The van der Waals surface area contributed by atoms with Gasteiger partial charge >= 0.3 is 0 Å². The summed E-state index contributed by atoms with van der Waals surface area (Å²) in [4.78, 5) is 28.7. The molecule has 0 atom stereocenters. The number of nitrogens with one attached hydrogen (secondary N) is 3. The topological polar surface area (TPSA) is 111 Å². The molecule has 0 radical (unpaired) electrons. The highest BCUT2D eigenvalue weighted by Crippen LogP contribution is 2.37. The van der Waals surface area contributed by atoms with E-state index in [9.17, 15) is 9.59 Å². The number of nitrogens with zero attached hydrogens (tertiary/aromatic N) is 5. The first kappa shape index (κ1) is 32.3. The fourth-order valence-electron chi connectivity index (χ4n) is 5.65. The monoisotopic (exact) mass is 620 g/mol. The first-order valence-electron chi connectivity index (χ1n) is 15.3. The van der Waals surface area contributed by atoms with Crippen LogP contribution in [0.3, 0.4) is 0 Å². The van der Waals surface area contributed by atoms with Crippen LogP contribution in [-0.2, 0) is 5.41 Å². The highest BCUT2D eigenvalue weighted by molar-refractivity contribution is 6.01. The molecule has 5 aromatic rings. The molecule has 0 spiro atoms. The maximum absolute atomic E-state index is 12.9. The van der Waals surface area contributed by atoms with E-state index in [0.717, 1.165) is 62.0 Å². The third-order valence-corrected chi connectivity index (χ3v) is 8.22. The predicted molar refractivity (Wildman–Crippen MR) is 186 cm³/mol. The molecule has 2 amide bonds. The minimum Gasteiger partial charge on any atom is -0.355 e. The fourth-order valence-corrected chi connectivity index (χ4v) is 5.65. The third-order valence-electron chi connectivity index (χ3n) is 8.22. The van der Waals surface area contributed by atoms with Gasteiger partial charge in [-0.2, -0.15) is 0 Å². The smallest absolute Gasteiger partial charge is 0.253 e. The Labute approximate surface area is 270 Å². The summed E-state index contributed by atoms with van der Waals surface area (Å²) in [5, 5.41) is 19.7. The molecule has 240 valence electrons. The van der Waals surface area contributed by atoms with Gasteiger partial charge in [-0.1, -0.05) is 32.9 Å². The normalized spacial score (nSPS) is 11.5. The maximum Gasteiger partial charge on any atom is 0.253 e. The molecule has 3 aromatic carbocycles. The molecule has 2 heterocycles. The Morgan fingerprint density at radius 2 is 1.37 bits per heavy atom. The molecule has 0 saturated heterocycles. The van der Waals surface area contributed by atoms with Gasteiger partial charge in [0, 0.05) is 84.8 Å². The van der Waals surface area contributed by atoms with Crippen LogP contribution in [0, 0.1) is 27.7 Å². The van der Waals surface area contributed by atoms with Crippen molar-refractivity contribution < 1.29 is 9.59 Å². The highest BCUT2D eigenvalue weighted by Gasteiger charge is 2.23. The van der Waals surface area contributed by atoms with Gasteiger partial charge in [0.15, 0.2) is 11.5 Å². The molecular weight excluding hydrogens is 576 g/mol. The lowest BCUT2D eigenvalue weighted by atomic mass is 9.93. The lowest BCUT2D eigenvalue weighted by Crippen LogP contribution is -2.24. The number of carbonyl (C=O) groups excluding carboxylic acids is 2. The van der Waals surface area contributed by atoms with Crippen molar-refractivity contribution in [1.29, 1.82) is 0 Å². The van der Waals surface area contributed by atoms with Gasteiger partial charge in [-0.3, -0.25) is 14.7 Å². The third kappa shape index (κ3) is 6.20. The average molecular weight is 621 g/mol. The second kappa shape index (κ2) is 12.0. The van der Waals surface area contributed by atoms with Crippen LogP contribution in [0.4, 0.5) is 22.7 Å². The molecule has 5 rings (SSSR count). The van der Waals surface area contributed by atoms with Crippen molar-refractivity contribution in [2.75, 3.05) is 38.8 Å². The van der Waals surface area contributed by atoms with E-state index in [-0.39, 0.29) is 17.2 Å². The van der Waals surface area contributed by atoms with Gasteiger partial charge < -0.3 is 20.4 Å². The molecular formula is C36H44N8O2. The quantitative estimate of drug-likeness (QED) is 0.178. The summed E-state index contributed by atoms with van der Waals surface area (Å²) in [6, 6.07) is 15.5. The first-order chi connectivity index (χ1) is 21.5. The molecule has 0 saturated carbocycles. The van der Waals surface area contributed by atoms with Crippen LogP contribution in [0.25, 0.3) is 17.0 Å². The van der Waals surface area contributed by atoms with E-state index in [1.165, 1.54) is 9.80 Å². The molecule has 0 aliphatic rings. The van der Waals surface area contributed by atoms with E-state index in [4.69, 9.17) is 0 Å². The number of benzene rings is 3. The van der Waals surface area contributed by atoms with Gasteiger partial charge in [0.1, 0.15) is 0 Å². The maximum atomic E-state index is 12.9. The molecule has 46 heavy (non-hydrogen) atoms. The number of carbonyl (C=O) groups is 2. The highest BCUT2D eigenvalue weighted by atomic mass is 16.2. The summed E-state index contributed by atoms with van der Waals surface area (Å²) in [5.41, 5.74) is 11.5. The molecule has 0 fully saturated rings. The molecule has 3 N–H and O–H groups in total. The second-order valence-electron chi connectivity index (χ2n) is 13.5. The number of rotatable bonds is 7. The van der Waals surface area contributed by atoms with E-state index < -0.39 is 0 Å². The van der Waals surface area contributed by atoms with Crippen LogP contribution in [0.1, 0.15) is 69.4 Å². The van der Waals surface area contributed by atoms with Crippen molar-refractivity contribution in [3.8, 4) is 11.4 Å². The predicted octanol–water partition coefficient (Wildman–Crippen LogP) is 7.15. The molecule has 0 unspecified atom stereocenters. The molecule has 2 aromatic heterocycles. The van der Waals surface area contributed by atoms with Gasteiger partial charge in [-0.05, 0) is 80.3 Å². The lowest BCUT2D eigenvalue weighted by Gasteiger charge is -2.20. The average Bonchev–Trinajstić information content (AvgIpc) is 3.58. The fraction of sp³-hybridized carbons (Fsp3) is 0.333. The zero-order valence-corrected chi connectivity index (χ0v) is 28.7. The zero-order valence-electron chi connectivity index (χ0n) is 28.7. The zero-order chi connectivity index (χ0) is 33.7. The Balaban J connectivity index is 1.52. The Kier molecular flexibility index (Phi) is 8.42. The molecule has 0 bridgehead atoms. The Bertz CT molecular complexity index is 1940. The van der Waals surface area contributed by atoms with Gasteiger partial charge in [0.2, 0.25) is 0 Å². The van der Waals surface area contributed by atoms with Crippen molar-refractivity contribution in [1.82, 2.24) is 29.6 Å². The summed E-state index contributed by atoms with van der Waals surface area (Å²) in [6.07, 6.45) is 0. The number of hydrogen-bond donors (Lipinski definition) is 3. The number of aromatic nitrogens is 4. The van der Waals surface area contributed by atoms with Crippen molar-refractivity contribution in [2.24, 2.45) is 0 Å². The van der Waals surface area contributed by atoms with Crippen molar-refractivity contribution in [3.05, 3.63) is 87.6 Å². The van der Waals surface area contributed by atoms with Gasteiger partial charge in [-0.15, -0.1) is 10.2 Å². The van der Waals surface area contributed by atoms with E-state index >= 15 is 0 Å². The van der Waals surface area contributed by atoms with E-state index in [2.05, 4.69) is 86.5 Å². The van der Waals surface area contributed by atoms with E-state index in [1.807, 2.05) is 22.7 Å². The van der Waals surface area contributed by atoms with Crippen LogP contribution in [0.15, 0.2) is 48.5 Å². The summed E-state index contributed by atoms with van der Waals surface area (Å²) in [6.45, 7) is 14.9. The molecule has 0 aliphatic carbocycles. The largest absolute Gasteiger partial charge is 0.355 e. The van der Waals surface area contributed by atoms with E-state index in [1.54, 1.807) is 46.4 Å². The number of anilines is 4. The molecule has 10 nitrogen and oxygen atoms in total. The van der Waals surface area contributed by atoms with Gasteiger partial charge in [-0.25, -0.2) is 4.52 Å². The lowest BCUT2D eigenvalue weighted by molar-refractivity contribution is 0.0826. The van der Waals surface area contributed by atoms with Crippen molar-refractivity contribution in [3.63, 3.8) is 0 Å². The minimum atomic E-state index is -0.178. The van der Waals surface area contributed by atoms with Crippen molar-refractivity contribution in [2.45, 2.75) is 53.9 Å². The number of fused-ring (bicyclic) bond motifs is 1. The Hall–Kier alpha value is -5.12. The summed E-state index contributed by atoms with van der Waals surface area (Å²) >= 11 is 0. The van der Waals surface area contributed by atoms with Crippen LogP contribution in [0.5, 0.6) is 0 Å². The second-order valence-corrected chi connectivity index (χ2v) is 13.5. The van der Waals surface area contributed by atoms with E-state index in [0.29, 0.717) is 16.8 Å². The number of amides is 2. The van der Waals surface area contributed by atoms with Crippen LogP contribution < -0.4 is 10.6 Å².